The number of nitrogens with zero attached hydrogens (tertiary/aromatic N) is 2. The van der Waals surface area contributed by atoms with Gasteiger partial charge in [-0.1, -0.05) is 6.92 Å². The van der Waals surface area contributed by atoms with Crippen molar-refractivity contribution < 1.29 is 14.6 Å². The molecular weight excluding hydrogens is 430 g/mol. The first-order valence-electron chi connectivity index (χ1n) is 10.6. The number of rotatable bonds is 5. The molecule has 3 aromatic rings. The highest BCUT2D eigenvalue weighted by Gasteiger charge is 2.32. The number of aliphatic hydroxyl groups is 1. The van der Waals surface area contributed by atoms with Crippen molar-refractivity contribution in [2.24, 2.45) is 5.92 Å². The summed E-state index contributed by atoms with van der Waals surface area (Å²) in [5.74, 6) is 0.684. The number of aliphatic hydroxyl groups excluding tert-OH is 1. The van der Waals surface area contributed by atoms with Crippen molar-refractivity contribution in [2.45, 2.75) is 51.4 Å². The number of ketones is 1. The molecule has 4 heterocycles. The van der Waals surface area contributed by atoms with Crippen molar-refractivity contribution in [2.75, 3.05) is 11.9 Å². The van der Waals surface area contributed by atoms with Gasteiger partial charge in [-0.2, -0.15) is 0 Å². The second-order valence-electron chi connectivity index (χ2n) is 8.40. The van der Waals surface area contributed by atoms with E-state index in [9.17, 15) is 9.90 Å². The van der Waals surface area contributed by atoms with E-state index in [-0.39, 0.29) is 30.0 Å². The van der Waals surface area contributed by atoms with Gasteiger partial charge in [0.25, 0.3) is 0 Å². The van der Waals surface area contributed by atoms with Crippen molar-refractivity contribution in [3.05, 3.63) is 61.4 Å². The van der Waals surface area contributed by atoms with Crippen molar-refractivity contribution in [1.29, 1.82) is 0 Å². The van der Waals surface area contributed by atoms with Gasteiger partial charge >= 0.3 is 0 Å². The lowest BCUT2D eigenvalue weighted by Gasteiger charge is -2.23. The molecule has 0 bridgehead atoms. The summed E-state index contributed by atoms with van der Waals surface area (Å²) in [5.41, 5.74) is 2.87. The van der Waals surface area contributed by atoms with Crippen LogP contribution in [-0.4, -0.2) is 39.6 Å². The quantitative estimate of drug-likeness (QED) is 0.556. The predicted octanol–water partition coefficient (Wildman–Crippen LogP) is 4.37. The van der Waals surface area contributed by atoms with Crippen LogP contribution in [0, 0.1) is 12.8 Å². The number of carbonyl (C=O) groups is 1. The van der Waals surface area contributed by atoms with Crippen LogP contribution in [0.15, 0.2) is 30.0 Å². The van der Waals surface area contributed by atoms with Gasteiger partial charge in [-0.3, -0.25) is 4.79 Å². The number of hydrogen-bond donors (Lipinski definition) is 2. The zero-order chi connectivity index (χ0) is 21.5. The Kier molecular flexibility index (Phi) is 5.64. The normalized spacial score (nSPS) is 25.4. The number of aryl methyl sites for hydroxylation is 1. The van der Waals surface area contributed by atoms with Gasteiger partial charge in [-0.25, -0.2) is 9.97 Å². The Morgan fingerprint density at radius 3 is 3.03 bits per heavy atom. The highest BCUT2D eigenvalue weighted by Crippen LogP contribution is 2.40. The molecule has 3 aromatic heterocycles. The molecule has 1 saturated carbocycles. The van der Waals surface area contributed by atoms with Gasteiger partial charge in [0.2, 0.25) is 5.78 Å². The SMILES string of the molecule is Cc1sc(C(=O)c2cncnc2N[C@@H]2C[C@@H](C)[C@@H](O)C2)cc1[C@@H]1OCCc2ccsc21. The third kappa shape index (κ3) is 3.93. The first-order valence-corrected chi connectivity index (χ1v) is 12.3. The monoisotopic (exact) mass is 455 g/mol. The van der Waals surface area contributed by atoms with Crippen molar-refractivity contribution >= 4 is 34.3 Å². The lowest BCUT2D eigenvalue weighted by atomic mass is 10.0. The van der Waals surface area contributed by atoms with Crippen LogP contribution >= 0.6 is 22.7 Å². The first kappa shape index (κ1) is 20.8. The third-order valence-corrected chi connectivity index (χ3v) is 8.34. The maximum Gasteiger partial charge on any atom is 0.208 e. The van der Waals surface area contributed by atoms with Crippen molar-refractivity contribution in [3.63, 3.8) is 0 Å². The van der Waals surface area contributed by atoms with E-state index in [0.717, 1.165) is 23.3 Å². The summed E-state index contributed by atoms with van der Waals surface area (Å²) in [7, 11) is 0. The molecule has 0 saturated heterocycles. The number of hydrogen-bond acceptors (Lipinski definition) is 8. The van der Waals surface area contributed by atoms with Crippen LogP contribution in [0.2, 0.25) is 0 Å². The van der Waals surface area contributed by atoms with E-state index in [1.807, 2.05) is 19.9 Å². The second-order valence-corrected chi connectivity index (χ2v) is 10.6. The minimum atomic E-state index is -0.321. The molecule has 0 amide bonds. The Balaban J connectivity index is 1.42. The summed E-state index contributed by atoms with van der Waals surface area (Å²) in [6.07, 6.45) is 5.05. The Labute approximate surface area is 189 Å². The van der Waals surface area contributed by atoms with E-state index in [1.54, 1.807) is 17.5 Å². The van der Waals surface area contributed by atoms with Crippen LogP contribution in [-0.2, 0) is 11.2 Å². The maximum absolute atomic E-state index is 13.4. The largest absolute Gasteiger partial charge is 0.393 e. The topological polar surface area (TPSA) is 84.3 Å². The molecule has 5 rings (SSSR count). The highest BCUT2D eigenvalue weighted by molar-refractivity contribution is 7.14. The molecule has 6 nitrogen and oxygen atoms in total. The summed E-state index contributed by atoms with van der Waals surface area (Å²) in [6.45, 7) is 4.78. The molecule has 2 aliphatic rings. The second kappa shape index (κ2) is 8.43. The van der Waals surface area contributed by atoms with Gasteiger partial charge in [-0.15, -0.1) is 22.7 Å². The Morgan fingerprint density at radius 1 is 1.35 bits per heavy atom. The smallest absolute Gasteiger partial charge is 0.208 e. The molecule has 0 spiro atoms. The van der Waals surface area contributed by atoms with E-state index in [0.29, 0.717) is 29.3 Å². The van der Waals surface area contributed by atoms with Gasteiger partial charge in [0.1, 0.15) is 18.2 Å². The van der Waals surface area contributed by atoms with Crippen LogP contribution in [0.4, 0.5) is 5.82 Å². The zero-order valence-electron chi connectivity index (χ0n) is 17.5. The number of carbonyl (C=O) groups excluding carboxylic acids is 1. The Hall–Kier alpha value is -2.13. The van der Waals surface area contributed by atoms with E-state index >= 15 is 0 Å². The average Bonchev–Trinajstić information content (AvgIpc) is 3.47. The van der Waals surface area contributed by atoms with Gasteiger partial charge in [0, 0.05) is 27.6 Å². The van der Waals surface area contributed by atoms with E-state index in [2.05, 4.69) is 26.7 Å². The van der Waals surface area contributed by atoms with E-state index < -0.39 is 0 Å². The molecule has 1 fully saturated rings. The number of aromatic nitrogens is 2. The fraction of sp³-hybridized carbons (Fsp3) is 0.435. The van der Waals surface area contributed by atoms with Crippen LogP contribution in [0.1, 0.15) is 62.0 Å². The molecule has 162 valence electrons. The Morgan fingerprint density at radius 2 is 2.23 bits per heavy atom. The third-order valence-electron chi connectivity index (χ3n) is 6.27. The van der Waals surface area contributed by atoms with Gasteiger partial charge in [0.05, 0.1) is 23.2 Å². The number of anilines is 1. The number of thiophene rings is 2. The minimum Gasteiger partial charge on any atom is -0.393 e. The molecule has 2 N–H and O–H groups in total. The molecule has 0 radical (unpaired) electrons. The Bertz CT molecular complexity index is 1100. The van der Waals surface area contributed by atoms with E-state index in [4.69, 9.17) is 4.74 Å². The lowest BCUT2D eigenvalue weighted by molar-refractivity contribution is 0.0727. The average molecular weight is 456 g/mol. The van der Waals surface area contributed by atoms with Crippen LogP contribution in [0.25, 0.3) is 0 Å². The maximum atomic E-state index is 13.4. The minimum absolute atomic E-state index is 0.0868. The van der Waals surface area contributed by atoms with Gasteiger partial charge < -0.3 is 15.2 Å². The zero-order valence-corrected chi connectivity index (χ0v) is 19.1. The molecular formula is C23H25N3O3S2. The molecule has 1 aliphatic heterocycles. The molecule has 0 unspecified atom stereocenters. The summed E-state index contributed by atoms with van der Waals surface area (Å²) in [6, 6.07) is 4.24. The summed E-state index contributed by atoms with van der Waals surface area (Å²) in [4.78, 5) is 24.8. The molecule has 31 heavy (non-hydrogen) atoms. The van der Waals surface area contributed by atoms with Crippen LogP contribution in [0.5, 0.6) is 0 Å². The summed E-state index contributed by atoms with van der Waals surface area (Å²) in [5, 5.41) is 15.5. The highest BCUT2D eigenvalue weighted by atomic mass is 32.1. The molecule has 1 aliphatic carbocycles. The predicted molar refractivity (Wildman–Crippen MR) is 122 cm³/mol. The number of ether oxygens (including phenoxy) is 1. The van der Waals surface area contributed by atoms with Crippen molar-refractivity contribution in [1.82, 2.24) is 9.97 Å². The van der Waals surface area contributed by atoms with Crippen LogP contribution in [0.3, 0.4) is 0 Å². The first-order chi connectivity index (χ1) is 15.0. The van der Waals surface area contributed by atoms with Gasteiger partial charge in [0.15, 0.2) is 0 Å². The molecule has 4 atom stereocenters. The lowest BCUT2D eigenvalue weighted by Crippen LogP contribution is -2.20. The van der Waals surface area contributed by atoms with Crippen LogP contribution < -0.4 is 5.32 Å². The fourth-order valence-corrected chi connectivity index (χ4v) is 6.55. The number of nitrogens with one attached hydrogen (secondary N) is 1. The summed E-state index contributed by atoms with van der Waals surface area (Å²) >= 11 is 3.21. The van der Waals surface area contributed by atoms with E-state index in [1.165, 1.54) is 28.1 Å². The number of fused-ring (bicyclic) bond motifs is 1. The molecule has 8 heteroatoms. The van der Waals surface area contributed by atoms with Crippen molar-refractivity contribution in [3.8, 4) is 0 Å². The van der Waals surface area contributed by atoms with Gasteiger partial charge in [-0.05, 0) is 55.2 Å². The fourth-order valence-electron chi connectivity index (χ4n) is 4.53. The standard InChI is InChI=1S/C23H25N3O3S2/c1-12-7-15(8-18(12)27)26-23-17(10-24-11-25-23)20(28)19-9-16(13(2)31-19)21-22-14(3-5-29-21)4-6-30-22/h4,6,9-12,15,18,21,27H,3,5,7-8H2,1-2H3,(H,24,25,26)/t12-,15-,18+,21+/m1/s1. The molecule has 0 aromatic carbocycles. The summed E-state index contributed by atoms with van der Waals surface area (Å²) < 4.78 is 6.11.